The van der Waals surface area contributed by atoms with E-state index in [4.69, 9.17) is 0 Å². The Hall–Kier alpha value is -1.12. The number of hydrogen-bond acceptors (Lipinski definition) is 3. The molecule has 0 amide bonds. The molecule has 1 aromatic carbocycles. The highest BCUT2D eigenvalue weighted by molar-refractivity contribution is 7.89. The highest BCUT2D eigenvalue weighted by Gasteiger charge is 2.34. The Bertz CT molecular complexity index is 703. The van der Waals surface area contributed by atoms with Gasteiger partial charge in [-0.3, -0.25) is 4.90 Å². The molecule has 0 radical (unpaired) electrons. The largest absolute Gasteiger partial charge is 0.416 e. The summed E-state index contributed by atoms with van der Waals surface area (Å²) in [6.45, 7) is 4.40. The molecule has 2 aliphatic rings. The van der Waals surface area contributed by atoms with Gasteiger partial charge in [-0.15, -0.1) is 0 Å². The average Bonchev–Trinajstić information content (AvgIpc) is 2.62. The topological polar surface area (TPSA) is 40.6 Å². The highest BCUT2D eigenvalue weighted by atomic mass is 32.2. The molecule has 0 bridgehead atoms. The third-order valence-electron chi connectivity index (χ3n) is 5.59. The SMILES string of the molecule is CC1CCC(N2CCN(S(=O)(=O)c3ccc(C(F)(F)F)cc3)CC2)CC1. The molecular weight excluding hydrogens is 365 g/mol. The molecule has 0 N–H and O–H groups in total. The Morgan fingerprint density at radius 2 is 1.46 bits per heavy atom. The first-order chi connectivity index (χ1) is 12.2. The van der Waals surface area contributed by atoms with Gasteiger partial charge in [-0.2, -0.15) is 17.5 Å². The number of hydrogen-bond donors (Lipinski definition) is 0. The molecule has 3 rings (SSSR count). The van der Waals surface area contributed by atoms with Crippen LogP contribution in [0.2, 0.25) is 0 Å². The Morgan fingerprint density at radius 3 is 1.96 bits per heavy atom. The Morgan fingerprint density at radius 1 is 0.923 bits per heavy atom. The molecule has 1 heterocycles. The van der Waals surface area contributed by atoms with Crippen molar-refractivity contribution < 1.29 is 21.6 Å². The van der Waals surface area contributed by atoms with Gasteiger partial charge in [0.2, 0.25) is 10.0 Å². The van der Waals surface area contributed by atoms with Crippen LogP contribution >= 0.6 is 0 Å². The van der Waals surface area contributed by atoms with Crippen LogP contribution in [0.25, 0.3) is 0 Å². The number of nitrogens with zero attached hydrogens (tertiary/aromatic N) is 2. The van der Waals surface area contributed by atoms with Crippen molar-refractivity contribution in [1.29, 1.82) is 0 Å². The average molecular weight is 390 g/mol. The van der Waals surface area contributed by atoms with E-state index in [-0.39, 0.29) is 4.90 Å². The first-order valence-electron chi connectivity index (χ1n) is 9.09. The van der Waals surface area contributed by atoms with Gasteiger partial charge in [-0.25, -0.2) is 8.42 Å². The fourth-order valence-corrected chi connectivity index (χ4v) is 5.30. The number of sulfonamides is 1. The smallest absolute Gasteiger partial charge is 0.298 e. The number of rotatable bonds is 3. The van der Waals surface area contributed by atoms with E-state index < -0.39 is 21.8 Å². The van der Waals surface area contributed by atoms with Crippen LogP contribution < -0.4 is 0 Å². The quantitative estimate of drug-likeness (QED) is 0.792. The summed E-state index contributed by atoms with van der Waals surface area (Å²) in [7, 11) is -3.75. The lowest BCUT2D eigenvalue weighted by molar-refractivity contribution is -0.137. The molecule has 1 aliphatic carbocycles. The van der Waals surface area contributed by atoms with Crippen LogP contribution in [-0.2, 0) is 16.2 Å². The zero-order chi connectivity index (χ0) is 18.9. The van der Waals surface area contributed by atoms with Crippen molar-refractivity contribution in [2.75, 3.05) is 26.2 Å². The molecule has 0 atom stereocenters. The number of benzene rings is 1. The van der Waals surface area contributed by atoms with E-state index in [2.05, 4.69) is 11.8 Å². The molecule has 0 spiro atoms. The first-order valence-corrected chi connectivity index (χ1v) is 10.5. The molecule has 1 saturated carbocycles. The minimum atomic E-state index is -4.47. The minimum absolute atomic E-state index is 0.0783. The first kappa shape index (κ1) is 19.6. The van der Waals surface area contributed by atoms with E-state index in [1.165, 1.54) is 17.1 Å². The van der Waals surface area contributed by atoms with Gasteiger partial charge in [0.25, 0.3) is 0 Å². The molecular formula is C18H25F3N2O2S. The third-order valence-corrected chi connectivity index (χ3v) is 7.51. The van der Waals surface area contributed by atoms with Crippen molar-refractivity contribution in [3.8, 4) is 0 Å². The van der Waals surface area contributed by atoms with Crippen LogP contribution in [0, 0.1) is 5.92 Å². The van der Waals surface area contributed by atoms with Crippen LogP contribution in [0.3, 0.4) is 0 Å². The maximum Gasteiger partial charge on any atom is 0.416 e. The predicted molar refractivity (Wildman–Crippen MR) is 93.2 cm³/mol. The van der Waals surface area contributed by atoms with Gasteiger partial charge in [0.05, 0.1) is 10.5 Å². The summed E-state index contributed by atoms with van der Waals surface area (Å²) in [6, 6.07) is 4.28. The molecule has 2 fully saturated rings. The molecule has 1 aromatic rings. The standard InChI is InChI=1S/C18H25F3N2O2S/c1-14-2-6-16(7-3-14)22-10-12-23(13-11-22)26(24,25)17-8-4-15(5-9-17)18(19,20)21/h4-5,8-9,14,16H,2-3,6-7,10-13H2,1H3. The van der Waals surface area contributed by atoms with Crippen LogP contribution in [0.1, 0.15) is 38.2 Å². The molecule has 4 nitrogen and oxygen atoms in total. The lowest BCUT2D eigenvalue weighted by Crippen LogP contribution is -2.52. The Balaban J connectivity index is 1.63. The van der Waals surface area contributed by atoms with Crippen molar-refractivity contribution >= 4 is 10.0 Å². The maximum absolute atomic E-state index is 12.7. The van der Waals surface area contributed by atoms with E-state index in [1.807, 2.05) is 0 Å². The second-order valence-corrected chi connectivity index (χ2v) is 9.31. The van der Waals surface area contributed by atoms with Crippen molar-refractivity contribution in [3.63, 3.8) is 0 Å². The third kappa shape index (κ3) is 4.23. The second kappa shape index (κ2) is 7.48. The van der Waals surface area contributed by atoms with Crippen LogP contribution in [0.15, 0.2) is 29.2 Å². The van der Waals surface area contributed by atoms with Crippen molar-refractivity contribution in [1.82, 2.24) is 9.21 Å². The maximum atomic E-state index is 12.7. The summed E-state index contributed by atoms with van der Waals surface area (Å²) in [5.41, 5.74) is -0.840. The molecule has 26 heavy (non-hydrogen) atoms. The van der Waals surface area contributed by atoms with Crippen molar-refractivity contribution in [3.05, 3.63) is 29.8 Å². The zero-order valence-corrected chi connectivity index (χ0v) is 15.7. The molecule has 1 saturated heterocycles. The van der Waals surface area contributed by atoms with Gasteiger partial charge in [-0.05, 0) is 55.9 Å². The van der Waals surface area contributed by atoms with E-state index in [1.54, 1.807) is 0 Å². The molecule has 146 valence electrons. The van der Waals surface area contributed by atoms with Gasteiger partial charge in [0.1, 0.15) is 0 Å². The van der Waals surface area contributed by atoms with Gasteiger partial charge >= 0.3 is 6.18 Å². The Kier molecular flexibility index (Phi) is 5.65. The Labute approximate surface area is 153 Å². The summed E-state index contributed by atoms with van der Waals surface area (Å²) in [4.78, 5) is 2.29. The monoisotopic (exact) mass is 390 g/mol. The molecule has 0 aromatic heterocycles. The lowest BCUT2D eigenvalue weighted by Gasteiger charge is -2.41. The van der Waals surface area contributed by atoms with Gasteiger partial charge < -0.3 is 0 Å². The fourth-order valence-electron chi connectivity index (χ4n) is 3.88. The molecule has 0 unspecified atom stereocenters. The van der Waals surface area contributed by atoms with E-state index in [0.29, 0.717) is 32.2 Å². The fraction of sp³-hybridized carbons (Fsp3) is 0.667. The normalized spacial score (nSPS) is 26.8. The molecule has 8 heteroatoms. The summed E-state index contributed by atoms with van der Waals surface area (Å²) in [6.07, 6.45) is 0.286. The van der Waals surface area contributed by atoms with E-state index in [0.717, 1.165) is 43.0 Å². The van der Waals surface area contributed by atoms with Crippen LogP contribution in [0.5, 0.6) is 0 Å². The van der Waals surface area contributed by atoms with Gasteiger partial charge in [0, 0.05) is 32.2 Å². The van der Waals surface area contributed by atoms with Gasteiger partial charge in [-0.1, -0.05) is 6.92 Å². The lowest BCUT2D eigenvalue weighted by atomic mass is 9.86. The summed E-state index contributed by atoms with van der Waals surface area (Å²) < 4.78 is 64.7. The predicted octanol–water partition coefficient (Wildman–Crippen LogP) is 3.59. The van der Waals surface area contributed by atoms with Crippen LogP contribution in [-0.4, -0.2) is 49.8 Å². The number of alkyl halides is 3. The van der Waals surface area contributed by atoms with E-state index in [9.17, 15) is 21.6 Å². The summed E-state index contributed by atoms with van der Waals surface area (Å²) in [5, 5.41) is 0. The molecule has 1 aliphatic heterocycles. The van der Waals surface area contributed by atoms with Crippen molar-refractivity contribution in [2.24, 2.45) is 5.92 Å². The zero-order valence-electron chi connectivity index (χ0n) is 14.9. The minimum Gasteiger partial charge on any atom is -0.298 e. The van der Waals surface area contributed by atoms with Crippen LogP contribution in [0.4, 0.5) is 13.2 Å². The van der Waals surface area contributed by atoms with E-state index >= 15 is 0 Å². The van der Waals surface area contributed by atoms with Crippen molar-refractivity contribution in [2.45, 2.75) is 49.7 Å². The number of piperazine rings is 1. The summed E-state index contributed by atoms with van der Waals surface area (Å²) in [5.74, 6) is 0.771. The van der Waals surface area contributed by atoms with Gasteiger partial charge in [0.15, 0.2) is 0 Å². The second-order valence-electron chi connectivity index (χ2n) is 7.38. The number of halogens is 3. The summed E-state index contributed by atoms with van der Waals surface area (Å²) >= 11 is 0. The highest BCUT2D eigenvalue weighted by Crippen LogP contribution is 2.31.